The lowest BCUT2D eigenvalue weighted by Gasteiger charge is -2.29. The number of hydrogen-bond donors (Lipinski definition) is 1. The van der Waals surface area contributed by atoms with Crippen LogP contribution < -0.4 is 0 Å². The van der Waals surface area contributed by atoms with Gasteiger partial charge in [0.2, 0.25) is 0 Å². The fourth-order valence-electron chi connectivity index (χ4n) is 2.73. The second kappa shape index (κ2) is 5.05. The summed E-state index contributed by atoms with van der Waals surface area (Å²) in [6.07, 6.45) is 2.88. The Morgan fingerprint density at radius 3 is 2.39 bits per heavy atom. The number of aliphatic hydroxyl groups is 1. The molecule has 2 heterocycles. The molecule has 2 aliphatic heterocycles. The van der Waals surface area contributed by atoms with Gasteiger partial charge in [-0.25, -0.2) is 0 Å². The fraction of sp³-hybridized carbons (Fsp3) is 1.00. The van der Waals surface area contributed by atoms with E-state index in [2.05, 4.69) is 4.90 Å². The monoisotopic (exact) mass is 277 g/mol. The molecular weight excluding hydrogens is 254 g/mol. The van der Waals surface area contributed by atoms with E-state index in [0.29, 0.717) is 19.5 Å². The largest absolute Gasteiger partial charge is 0.387 e. The Balaban J connectivity index is 1.98. The average molecular weight is 277 g/mol. The van der Waals surface area contributed by atoms with Crippen LogP contribution in [0.3, 0.4) is 0 Å². The molecule has 0 unspecified atom stereocenters. The van der Waals surface area contributed by atoms with Crippen molar-refractivity contribution in [1.82, 2.24) is 13.5 Å². The van der Waals surface area contributed by atoms with Gasteiger partial charge in [-0.15, -0.1) is 0 Å². The van der Waals surface area contributed by atoms with Crippen LogP contribution in [0.25, 0.3) is 0 Å². The highest BCUT2D eigenvalue weighted by molar-refractivity contribution is 7.86. The first-order valence-corrected chi connectivity index (χ1v) is 7.86. The number of rotatable bonds is 4. The van der Waals surface area contributed by atoms with Gasteiger partial charge in [-0.3, -0.25) is 0 Å². The van der Waals surface area contributed by atoms with Crippen molar-refractivity contribution in [3.8, 4) is 0 Å². The maximum atomic E-state index is 12.0. The molecule has 7 heteroatoms. The zero-order valence-electron chi connectivity index (χ0n) is 11.2. The minimum absolute atomic E-state index is 0.212. The summed E-state index contributed by atoms with van der Waals surface area (Å²) >= 11 is 0. The molecule has 0 aromatic heterocycles. The lowest BCUT2D eigenvalue weighted by atomic mass is 10.0. The van der Waals surface area contributed by atoms with E-state index < -0.39 is 15.8 Å². The molecule has 0 aromatic rings. The zero-order valence-corrected chi connectivity index (χ0v) is 12.0. The van der Waals surface area contributed by atoms with Crippen molar-refractivity contribution in [2.75, 3.05) is 46.8 Å². The van der Waals surface area contributed by atoms with Crippen LogP contribution in [-0.2, 0) is 10.2 Å². The van der Waals surface area contributed by atoms with Gasteiger partial charge in [-0.1, -0.05) is 0 Å². The van der Waals surface area contributed by atoms with Crippen LogP contribution in [-0.4, -0.2) is 79.5 Å². The van der Waals surface area contributed by atoms with Crippen molar-refractivity contribution in [3.05, 3.63) is 0 Å². The van der Waals surface area contributed by atoms with Gasteiger partial charge in [-0.05, 0) is 32.4 Å². The molecule has 106 valence electrons. The SMILES string of the molecule is CN(C)S(=O)(=O)N1CC[C@](O)(CN2CCCC2)C1. The summed E-state index contributed by atoms with van der Waals surface area (Å²) in [4.78, 5) is 2.23. The van der Waals surface area contributed by atoms with Gasteiger partial charge in [0.25, 0.3) is 10.2 Å². The van der Waals surface area contributed by atoms with Gasteiger partial charge in [0.1, 0.15) is 0 Å². The highest BCUT2D eigenvalue weighted by Crippen LogP contribution is 2.26. The Morgan fingerprint density at radius 2 is 1.83 bits per heavy atom. The minimum Gasteiger partial charge on any atom is -0.387 e. The van der Waals surface area contributed by atoms with Crippen LogP contribution >= 0.6 is 0 Å². The van der Waals surface area contributed by atoms with Gasteiger partial charge in [-0.2, -0.15) is 17.0 Å². The van der Waals surface area contributed by atoms with E-state index in [1.165, 1.54) is 35.5 Å². The number of β-amino-alcohol motifs (C(OH)–C–C–N with tert-alkyl or cyclic N) is 1. The second-order valence-corrected chi connectivity index (χ2v) is 7.72. The lowest BCUT2D eigenvalue weighted by molar-refractivity contribution is 0.0230. The number of nitrogens with zero attached hydrogens (tertiary/aromatic N) is 3. The van der Waals surface area contributed by atoms with Crippen molar-refractivity contribution < 1.29 is 13.5 Å². The van der Waals surface area contributed by atoms with Gasteiger partial charge >= 0.3 is 0 Å². The van der Waals surface area contributed by atoms with E-state index in [1.807, 2.05) is 0 Å². The standard InChI is InChI=1S/C11H23N3O3S/c1-12(2)18(16,17)14-8-5-11(15,10-14)9-13-6-3-4-7-13/h15H,3-10H2,1-2H3/t11-/m0/s1. The zero-order chi connectivity index (χ0) is 13.4. The molecule has 2 rings (SSSR count). The molecule has 2 fully saturated rings. The number of hydrogen-bond acceptors (Lipinski definition) is 4. The molecule has 0 saturated carbocycles. The van der Waals surface area contributed by atoms with E-state index in [-0.39, 0.29) is 6.54 Å². The smallest absolute Gasteiger partial charge is 0.281 e. The molecule has 0 amide bonds. The van der Waals surface area contributed by atoms with E-state index in [9.17, 15) is 13.5 Å². The maximum Gasteiger partial charge on any atom is 0.281 e. The van der Waals surface area contributed by atoms with Gasteiger partial charge in [0, 0.05) is 33.7 Å². The van der Waals surface area contributed by atoms with Gasteiger partial charge < -0.3 is 10.0 Å². The predicted octanol–water partition coefficient (Wildman–Crippen LogP) is -0.675. The molecule has 18 heavy (non-hydrogen) atoms. The normalized spacial score (nSPS) is 31.6. The van der Waals surface area contributed by atoms with E-state index in [1.54, 1.807) is 0 Å². The minimum atomic E-state index is -3.39. The maximum absolute atomic E-state index is 12.0. The van der Waals surface area contributed by atoms with Crippen LogP contribution in [0.15, 0.2) is 0 Å². The number of likely N-dealkylation sites (tertiary alicyclic amines) is 1. The van der Waals surface area contributed by atoms with E-state index in [4.69, 9.17) is 0 Å². The second-order valence-electron chi connectivity index (χ2n) is 5.58. The molecule has 0 spiro atoms. The van der Waals surface area contributed by atoms with E-state index in [0.717, 1.165) is 13.1 Å². The quantitative estimate of drug-likeness (QED) is 0.740. The molecule has 0 radical (unpaired) electrons. The first-order chi connectivity index (χ1) is 8.33. The predicted molar refractivity (Wildman–Crippen MR) is 69.4 cm³/mol. The van der Waals surface area contributed by atoms with Crippen LogP contribution in [0.5, 0.6) is 0 Å². The van der Waals surface area contributed by atoms with E-state index >= 15 is 0 Å². The molecule has 2 aliphatic rings. The highest BCUT2D eigenvalue weighted by Gasteiger charge is 2.43. The summed E-state index contributed by atoms with van der Waals surface area (Å²) in [6, 6.07) is 0. The van der Waals surface area contributed by atoms with Crippen LogP contribution in [0.1, 0.15) is 19.3 Å². The Hall–Kier alpha value is -0.210. The topological polar surface area (TPSA) is 64.1 Å². The molecule has 1 N–H and O–H groups in total. The third-order valence-corrected chi connectivity index (χ3v) is 5.69. The highest BCUT2D eigenvalue weighted by atomic mass is 32.2. The summed E-state index contributed by atoms with van der Waals surface area (Å²) in [5.74, 6) is 0. The third-order valence-electron chi connectivity index (χ3n) is 3.80. The first-order valence-electron chi connectivity index (χ1n) is 6.46. The van der Waals surface area contributed by atoms with Crippen molar-refractivity contribution in [2.45, 2.75) is 24.9 Å². The van der Waals surface area contributed by atoms with Gasteiger partial charge in [0.05, 0.1) is 5.60 Å². The molecule has 0 aromatic carbocycles. The molecule has 0 aliphatic carbocycles. The molecule has 0 bridgehead atoms. The Morgan fingerprint density at radius 1 is 1.22 bits per heavy atom. The summed E-state index contributed by atoms with van der Waals surface area (Å²) < 4.78 is 26.6. The van der Waals surface area contributed by atoms with Gasteiger partial charge in [0.15, 0.2) is 0 Å². The Labute approximate surface area is 109 Å². The molecule has 2 saturated heterocycles. The summed E-state index contributed by atoms with van der Waals surface area (Å²) in [6.45, 7) is 3.24. The first kappa shape index (κ1) is 14.2. The Kier molecular flexibility index (Phi) is 3.99. The summed E-state index contributed by atoms with van der Waals surface area (Å²) in [5.41, 5.74) is -0.882. The van der Waals surface area contributed by atoms with Crippen molar-refractivity contribution in [3.63, 3.8) is 0 Å². The summed E-state index contributed by atoms with van der Waals surface area (Å²) in [5, 5.41) is 10.5. The molecular formula is C11H23N3O3S. The van der Waals surface area contributed by atoms with Crippen molar-refractivity contribution >= 4 is 10.2 Å². The van der Waals surface area contributed by atoms with Crippen LogP contribution in [0.2, 0.25) is 0 Å². The van der Waals surface area contributed by atoms with Crippen molar-refractivity contribution in [2.24, 2.45) is 0 Å². The molecule has 1 atom stereocenters. The summed E-state index contributed by atoms with van der Waals surface area (Å²) in [7, 11) is -0.351. The van der Waals surface area contributed by atoms with Crippen molar-refractivity contribution in [1.29, 1.82) is 0 Å². The third kappa shape index (κ3) is 2.85. The van der Waals surface area contributed by atoms with Crippen LogP contribution in [0.4, 0.5) is 0 Å². The lowest BCUT2D eigenvalue weighted by Crippen LogP contribution is -2.46. The molecule has 6 nitrogen and oxygen atoms in total. The average Bonchev–Trinajstić information content (AvgIpc) is 2.88. The Bertz CT molecular complexity index is 392. The van der Waals surface area contributed by atoms with Crippen LogP contribution in [0, 0.1) is 0 Å². The fourth-order valence-corrected chi connectivity index (χ4v) is 3.92.